The Morgan fingerprint density at radius 3 is 2.31 bits per heavy atom. The zero-order valence-corrected chi connectivity index (χ0v) is 21.5. The van der Waals surface area contributed by atoms with Gasteiger partial charge in [-0.25, -0.2) is 9.48 Å². The number of nitrogens with one attached hydrogen (secondary N) is 2. The van der Waals surface area contributed by atoms with Crippen LogP contribution >= 0.6 is 0 Å². The van der Waals surface area contributed by atoms with E-state index in [4.69, 9.17) is 5.10 Å². The standard InChI is InChI=1S/C28H37N5O2/c1-6-7-13-18-32(27(35)29-22-15-9-8-10-16-22)20-26(34)30-25-19-24(28(3,4)5)31-33(25)23-17-12-11-14-21(23)2/h8-12,14-17,19H,6-7,13,18,20H2,1-5H3,(H,29,35)(H,30,34). The number of anilines is 2. The molecule has 7 heteroatoms. The Kier molecular flexibility index (Phi) is 8.68. The van der Waals surface area contributed by atoms with Gasteiger partial charge < -0.3 is 15.5 Å². The van der Waals surface area contributed by atoms with Crippen molar-refractivity contribution in [3.8, 4) is 5.69 Å². The normalized spacial score (nSPS) is 11.2. The van der Waals surface area contributed by atoms with Gasteiger partial charge in [-0.3, -0.25) is 4.79 Å². The number of nitrogens with zero attached hydrogens (tertiary/aromatic N) is 3. The van der Waals surface area contributed by atoms with Crippen molar-refractivity contribution in [3.63, 3.8) is 0 Å². The zero-order chi connectivity index (χ0) is 25.4. The third-order valence-corrected chi connectivity index (χ3v) is 5.77. The Bertz CT molecular complexity index is 1130. The number of aryl methyl sites for hydroxylation is 1. The number of amides is 3. The van der Waals surface area contributed by atoms with Gasteiger partial charge in [0.05, 0.1) is 11.4 Å². The number of carbonyl (C=O) groups excluding carboxylic acids is 2. The summed E-state index contributed by atoms with van der Waals surface area (Å²) in [6, 6.07) is 18.8. The molecule has 3 amide bonds. The maximum Gasteiger partial charge on any atom is 0.322 e. The summed E-state index contributed by atoms with van der Waals surface area (Å²) in [6.45, 7) is 10.9. The minimum absolute atomic E-state index is 0.0494. The highest BCUT2D eigenvalue weighted by Crippen LogP contribution is 2.27. The van der Waals surface area contributed by atoms with E-state index >= 15 is 0 Å². The Balaban J connectivity index is 1.81. The quantitative estimate of drug-likeness (QED) is 0.365. The van der Waals surface area contributed by atoms with Gasteiger partial charge in [-0.15, -0.1) is 0 Å². The molecule has 0 unspecified atom stereocenters. The van der Waals surface area contributed by atoms with Gasteiger partial charge in [-0.2, -0.15) is 5.10 Å². The molecular weight excluding hydrogens is 438 g/mol. The zero-order valence-electron chi connectivity index (χ0n) is 21.5. The highest BCUT2D eigenvalue weighted by atomic mass is 16.2. The van der Waals surface area contributed by atoms with E-state index in [1.54, 1.807) is 9.58 Å². The van der Waals surface area contributed by atoms with E-state index in [0.717, 1.165) is 36.2 Å². The van der Waals surface area contributed by atoms with Gasteiger partial charge in [-0.1, -0.05) is 76.9 Å². The fourth-order valence-electron chi connectivity index (χ4n) is 3.71. The number of unbranched alkanes of at least 4 members (excludes halogenated alkanes) is 2. The predicted molar refractivity (Wildman–Crippen MR) is 142 cm³/mol. The van der Waals surface area contributed by atoms with Crippen LogP contribution in [0.1, 0.15) is 58.2 Å². The van der Waals surface area contributed by atoms with E-state index in [0.29, 0.717) is 18.1 Å². The molecule has 1 heterocycles. The van der Waals surface area contributed by atoms with Crippen LogP contribution in [0, 0.1) is 6.92 Å². The molecule has 3 rings (SSSR count). The maximum absolute atomic E-state index is 13.2. The lowest BCUT2D eigenvalue weighted by atomic mass is 9.92. The van der Waals surface area contributed by atoms with Crippen LogP contribution in [0.25, 0.3) is 5.69 Å². The molecule has 3 aromatic rings. The average Bonchev–Trinajstić information content (AvgIpc) is 3.23. The number of hydrogen-bond acceptors (Lipinski definition) is 3. The first-order valence-electron chi connectivity index (χ1n) is 12.3. The van der Waals surface area contributed by atoms with E-state index < -0.39 is 0 Å². The number of hydrogen-bond donors (Lipinski definition) is 2. The van der Waals surface area contributed by atoms with Crippen molar-refractivity contribution in [2.75, 3.05) is 23.7 Å². The topological polar surface area (TPSA) is 79.3 Å². The van der Waals surface area contributed by atoms with Gasteiger partial charge >= 0.3 is 6.03 Å². The molecule has 1 aromatic heterocycles. The molecule has 0 spiro atoms. The van der Waals surface area contributed by atoms with Gasteiger partial charge in [0.2, 0.25) is 5.91 Å². The van der Waals surface area contributed by atoms with Crippen LogP contribution in [-0.4, -0.2) is 39.7 Å². The molecule has 7 nitrogen and oxygen atoms in total. The molecule has 2 N–H and O–H groups in total. The highest BCUT2D eigenvalue weighted by Gasteiger charge is 2.23. The lowest BCUT2D eigenvalue weighted by Crippen LogP contribution is -2.41. The molecule has 0 saturated carbocycles. The molecule has 0 fully saturated rings. The lowest BCUT2D eigenvalue weighted by Gasteiger charge is -2.23. The third-order valence-electron chi connectivity index (χ3n) is 5.77. The number of rotatable bonds is 9. The number of carbonyl (C=O) groups is 2. The van der Waals surface area contributed by atoms with Gasteiger partial charge in [0.15, 0.2) is 0 Å². The number of aromatic nitrogens is 2. The molecule has 0 aliphatic carbocycles. The van der Waals surface area contributed by atoms with Crippen molar-refractivity contribution >= 4 is 23.4 Å². The Hall–Kier alpha value is -3.61. The van der Waals surface area contributed by atoms with E-state index in [1.807, 2.05) is 67.6 Å². The van der Waals surface area contributed by atoms with Crippen molar-refractivity contribution < 1.29 is 9.59 Å². The Labute approximate surface area is 208 Å². The number of para-hydroxylation sites is 2. The van der Waals surface area contributed by atoms with Crippen molar-refractivity contribution in [1.82, 2.24) is 14.7 Å². The fourth-order valence-corrected chi connectivity index (χ4v) is 3.71. The second kappa shape index (κ2) is 11.7. The molecule has 0 bridgehead atoms. The SMILES string of the molecule is CCCCCN(CC(=O)Nc1cc(C(C)(C)C)nn1-c1ccccc1C)C(=O)Nc1ccccc1. The van der Waals surface area contributed by atoms with Crippen molar-refractivity contribution in [2.24, 2.45) is 0 Å². The first-order valence-corrected chi connectivity index (χ1v) is 12.3. The summed E-state index contributed by atoms with van der Waals surface area (Å²) in [7, 11) is 0. The van der Waals surface area contributed by atoms with Crippen molar-refractivity contribution in [2.45, 2.75) is 59.3 Å². The van der Waals surface area contributed by atoms with Crippen LogP contribution in [0.3, 0.4) is 0 Å². The van der Waals surface area contributed by atoms with E-state index in [9.17, 15) is 9.59 Å². The van der Waals surface area contributed by atoms with Crippen LogP contribution in [0.15, 0.2) is 60.7 Å². The maximum atomic E-state index is 13.2. The molecular formula is C28H37N5O2. The van der Waals surface area contributed by atoms with Crippen LogP contribution < -0.4 is 10.6 Å². The molecule has 0 radical (unpaired) electrons. The largest absolute Gasteiger partial charge is 0.322 e. The lowest BCUT2D eigenvalue weighted by molar-refractivity contribution is -0.116. The fraction of sp³-hybridized carbons (Fsp3) is 0.393. The van der Waals surface area contributed by atoms with Gasteiger partial charge in [0.25, 0.3) is 0 Å². The van der Waals surface area contributed by atoms with E-state index in [2.05, 4.69) is 38.3 Å². The molecule has 35 heavy (non-hydrogen) atoms. The summed E-state index contributed by atoms with van der Waals surface area (Å²) in [5, 5.41) is 10.7. The molecule has 186 valence electrons. The minimum atomic E-state index is -0.287. The molecule has 0 aliphatic heterocycles. The van der Waals surface area contributed by atoms with Crippen LogP contribution in [0.5, 0.6) is 0 Å². The summed E-state index contributed by atoms with van der Waals surface area (Å²) in [4.78, 5) is 27.7. The Morgan fingerprint density at radius 2 is 1.66 bits per heavy atom. The first-order chi connectivity index (χ1) is 16.7. The van der Waals surface area contributed by atoms with Crippen LogP contribution in [-0.2, 0) is 10.2 Å². The van der Waals surface area contributed by atoms with Crippen LogP contribution in [0.4, 0.5) is 16.3 Å². The summed E-state index contributed by atoms with van der Waals surface area (Å²) in [5.41, 5.74) is 3.34. The predicted octanol–water partition coefficient (Wildman–Crippen LogP) is 6.14. The van der Waals surface area contributed by atoms with Gasteiger partial charge in [-0.05, 0) is 37.1 Å². The third kappa shape index (κ3) is 7.18. The number of benzene rings is 2. The van der Waals surface area contributed by atoms with Crippen molar-refractivity contribution in [3.05, 3.63) is 71.9 Å². The van der Waals surface area contributed by atoms with Crippen molar-refractivity contribution in [1.29, 1.82) is 0 Å². The second-order valence-electron chi connectivity index (χ2n) is 9.84. The smallest absolute Gasteiger partial charge is 0.315 e. The second-order valence-corrected chi connectivity index (χ2v) is 9.84. The monoisotopic (exact) mass is 475 g/mol. The molecule has 0 saturated heterocycles. The summed E-state index contributed by atoms with van der Waals surface area (Å²) >= 11 is 0. The van der Waals surface area contributed by atoms with Crippen LogP contribution in [0.2, 0.25) is 0 Å². The average molecular weight is 476 g/mol. The highest BCUT2D eigenvalue weighted by molar-refractivity contribution is 5.96. The Morgan fingerprint density at radius 1 is 0.971 bits per heavy atom. The minimum Gasteiger partial charge on any atom is -0.315 e. The van der Waals surface area contributed by atoms with Gasteiger partial charge in [0.1, 0.15) is 12.4 Å². The van der Waals surface area contributed by atoms with E-state index in [1.165, 1.54) is 0 Å². The summed E-state index contributed by atoms with van der Waals surface area (Å²) in [5.74, 6) is 0.325. The molecule has 2 aromatic carbocycles. The number of urea groups is 1. The molecule has 0 aliphatic rings. The summed E-state index contributed by atoms with van der Waals surface area (Å²) < 4.78 is 1.78. The summed E-state index contributed by atoms with van der Waals surface area (Å²) in [6.07, 6.45) is 2.86. The van der Waals surface area contributed by atoms with E-state index in [-0.39, 0.29) is 23.9 Å². The first kappa shape index (κ1) is 26.0. The van der Waals surface area contributed by atoms with Gasteiger partial charge in [0, 0.05) is 23.7 Å². The molecule has 0 atom stereocenters.